The number of aromatic hydroxyl groups is 2. The molecule has 0 unspecified atom stereocenters. The van der Waals surface area contributed by atoms with Crippen LogP contribution in [0.2, 0.25) is 0 Å². The Morgan fingerprint density at radius 2 is 1.83 bits per heavy atom. The maximum atomic E-state index is 11.8. The standard InChI is InChI=1S/C17H17N3O4/c21-14-7-6-13(15(22)10-14)11-19-20-16(23)8-9-18-17(24)12-4-2-1-3-5-12/h1-7,10-11,21-22H,8-9H2,(H,18,24)(H,20,23)/b19-11+. The average molecular weight is 327 g/mol. The molecule has 2 rings (SSSR count). The summed E-state index contributed by atoms with van der Waals surface area (Å²) >= 11 is 0. The third-order valence-electron chi connectivity index (χ3n) is 3.08. The molecule has 0 heterocycles. The number of hydrogen-bond acceptors (Lipinski definition) is 5. The number of nitrogens with one attached hydrogen (secondary N) is 2. The zero-order chi connectivity index (χ0) is 17.4. The van der Waals surface area contributed by atoms with Gasteiger partial charge in [0.2, 0.25) is 5.91 Å². The number of carbonyl (C=O) groups is 2. The zero-order valence-electron chi connectivity index (χ0n) is 12.8. The normalized spacial score (nSPS) is 10.5. The molecule has 0 saturated heterocycles. The van der Waals surface area contributed by atoms with E-state index in [0.717, 1.165) is 0 Å². The first kappa shape index (κ1) is 17.0. The van der Waals surface area contributed by atoms with Crippen LogP contribution >= 0.6 is 0 Å². The number of phenols is 2. The fourth-order valence-electron chi connectivity index (χ4n) is 1.85. The number of benzene rings is 2. The zero-order valence-corrected chi connectivity index (χ0v) is 12.8. The van der Waals surface area contributed by atoms with Crippen LogP contribution in [-0.2, 0) is 4.79 Å². The van der Waals surface area contributed by atoms with E-state index in [1.807, 2.05) is 6.07 Å². The van der Waals surface area contributed by atoms with Gasteiger partial charge in [0.25, 0.3) is 5.91 Å². The maximum absolute atomic E-state index is 11.8. The Labute approximate surface area is 138 Å². The molecular weight excluding hydrogens is 310 g/mol. The van der Waals surface area contributed by atoms with Crippen LogP contribution in [0.25, 0.3) is 0 Å². The number of hydrazone groups is 1. The van der Waals surface area contributed by atoms with Gasteiger partial charge >= 0.3 is 0 Å². The van der Waals surface area contributed by atoms with E-state index >= 15 is 0 Å². The Balaban J connectivity index is 1.73. The number of nitrogens with zero attached hydrogens (tertiary/aromatic N) is 1. The van der Waals surface area contributed by atoms with Crippen LogP contribution in [0.3, 0.4) is 0 Å². The molecule has 0 spiro atoms. The molecule has 0 bridgehead atoms. The van der Waals surface area contributed by atoms with Crippen LogP contribution in [0, 0.1) is 0 Å². The average Bonchev–Trinajstić information content (AvgIpc) is 2.57. The minimum atomic E-state index is -0.377. The fraction of sp³-hybridized carbons (Fsp3) is 0.118. The number of amides is 2. The molecule has 124 valence electrons. The van der Waals surface area contributed by atoms with Crippen molar-refractivity contribution >= 4 is 18.0 Å². The SMILES string of the molecule is O=C(CCNC(=O)c1ccccc1)N/N=C/c1ccc(O)cc1O. The molecule has 4 N–H and O–H groups in total. The van der Waals surface area contributed by atoms with E-state index in [4.69, 9.17) is 5.11 Å². The number of phenolic OH excluding ortho intramolecular Hbond substituents is 2. The largest absolute Gasteiger partial charge is 0.508 e. The van der Waals surface area contributed by atoms with Gasteiger partial charge in [-0.3, -0.25) is 9.59 Å². The van der Waals surface area contributed by atoms with Crippen LogP contribution in [0.5, 0.6) is 11.5 Å². The van der Waals surface area contributed by atoms with Crippen LogP contribution in [0.4, 0.5) is 0 Å². The maximum Gasteiger partial charge on any atom is 0.251 e. The molecule has 0 atom stereocenters. The van der Waals surface area contributed by atoms with E-state index in [0.29, 0.717) is 11.1 Å². The van der Waals surface area contributed by atoms with Crippen LogP contribution in [0.15, 0.2) is 53.6 Å². The lowest BCUT2D eigenvalue weighted by Crippen LogP contribution is -2.28. The predicted molar refractivity (Wildman–Crippen MR) is 88.9 cm³/mol. The van der Waals surface area contributed by atoms with Crippen LogP contribution in [-0.4, -0.2) is 34.8 Å². The third kappa shape index (κ3) is 5.13. The van der Waals surface area contributed by atoms with Gasteiger partial charge in [-0.05, 0) is 24.3 Å². The third-order valence-corrected chi connectivity index (χ3v) is 3.08. The van der Waals surface area contributed by atoms with Crippen molar-refractivity contribution in [1.29, 1.82) is 0 Å². The Morgan fingerprint density at radius 1 is 1.08 bits per heavy atom. The molecule has 7 nitrogen and oxygen atoms in total. The van der Waals surface area contributed by atoms with Crippen molar-refractivity contribution < 1.29 is 19.8 Å². The van der Waals surface area contributed by atoms with Gasteiger partial charge in [-0.1, -0.05) is 18.2 Å². The van der Waals surface area contributed by atoms with Gasteiger partial charge in [-0.25, -0.2) is 5.43 Å². The monoisotopic (exact) mass is 327 g/mol. The van der Waals surface area contributed by atoms with E-state index in [1.165, 1.54) is 24.4 Å². The summed E-state index contributed by atoms with van der Waals surface area (Å²) in [5, 5.41) is 25.1. The lowest BCUT2D eigenvalue weighted by atomic mass is 10.2. The van der Waals surface area contributed by atoms with Crippen molar-refractivity contribution in [2.75, 3.05) is 6.54 Å². The van der Waals surface area contributed by atoms with Crippen LogP contribution < -0.4 is 10.7 Å². The van der Waals surface area contributed by atoms with E-state index in [2.05, 4.69) is 15.8 Å². The second kappa shape index (κ2) is 8.33. The Morgan fingerprint density at radius 3 is 2.54 bits per heavy atom. The second-order valence-electron chi connectivity index (χ2n) is 4.91. The topological polar surface area (TPSA) is 111 Å². The van der Waals surface area contributed by atoms with Gasteiger partial charge in [0.1, 0.15) is 11.5 Å². The lowest BCUT2D eigenvalue weighted by Gasteiger charge is -2.04. The van der Waals surface area contributed by atoms with Crippen molar-refractivity contribution in [3.05, 3.63) is 59.7 Å². The number of hydrogen-bond donors (Lipinski definition) is 4. The molecule has 24 heavy (non-hydrogen) atoms. The number of rotatable bonds is 6. The Kier molecular flexibility index (Phi) is 5.90. The molecule has 0 aliphatic carbocycles. The molecule has 0 aliphatic rings. The van der Waals surface area contributed by atoms with E-state index in [9.17, 15) is 14.7 Å². The van der Waals surface area contributed by atoms with Gasteiger partial charge < -0.3 is 15.5 Å². The van der Waals surface area contributed by atoms with E-state index in [-0.39, 0.29) is 36.3 Å². The molecule has 0 fully saturated rings. The fourth-order valence-corrected chi connectivity index (χ4v) is 1.85. The minimum Gasteiger partial charge on any atom is -0.508 e. The predicted octanol–water partition coefficient (Wildman–Crippen LogP) is 1.37. The van der Waals surface area contributed by atoms with Crippen molar-refractivity contribution in [3.63, 3.8) is 0 Å². The Hall–Kier alpha value is -3.35. The molecule has 0 aliphatic heterocycles. The van der Waals surface area contributed by atoms with Gasteiger partial charge in [-0.15, -0.1) is 0 Å². The summed E-state index contributed by atoms with van der Waals surface area (Å²) < 4.78 is 0. The lowest BCUT2D eigenvalue weighted by molar-refractivity contribution is -0.120. The summed E-state index contributed by atoms with van der Waals surface area (Å²) in [6.07, 6.45) is 1.33. The Bertz CT molecular complexity index is 745. The van der Waals surface area contributed by atoms with Crippen molar-refractivity contribution in [2.45, 2.75) is 6.42 Å². The van der Waals surface area contributed by atoms with E-state index < -0.39 is 0 Å². The van der Waals surface area contributed by atoms with Crippen molar-refractivity contribution in [2.24, 2.45) is 5.10 Å². The molecule has 2 amide bonds. The van der Waals surface area contributed by atoms with Gasteiger partial charge in [0.05, 0.1) is 6.21 Å². The highest BCUT2D eigenvalue weighted by atomic mass is 16.3. The van der Waals surface area contributed by atoms with Crippen molar-refractivity contribution in [1.82, 2.24) is 10.7 Å². The minimum absolute atomic E-state index is 0.0668. The van der Waals surface area contributed by atoms with Crippen LogP contribution in [0.1, 0.15) is 22.3 Å². The second-order valence-corrected chi connectivity index (χ2v) is 4.91. The molecule has 7 heteroatoms. The first-order valence-corrected chi connectivity index (χ1v) is 7.23. The molecule has 0 aromatic heterocycles. The molecule has 2 aromatic carbocycles. The quantitative estimate of drug-likeness (QED) is 0.474. The summed E-state index contributed by atoms with van der Waals surface area (Å²) in [5.41, 5.74) is 3.17. The highest BCUT2D eigenvalue weighted by molar-refractivity contribution is 5.94. The first-order chi connectivity index (χ1) is 11.6. The smallest absolute Gasteiger partial charge is 0.251 e. The molecule has 0 radical (unpaired) electrons. The van der Waals surface area contributed by atoms with Gasteiger partial charge in [0, 0.05) is 30.2 Å². The molecular formula is C17H17N3O4. The highest BCUT2D eigenvalue weighted by Gasteiger charge is 2.05. The van der Waals surface area contributed by atoms with Gasteiger partial charge in [0.15, 0.2) is 0 Å². The molecule has 2 aromatic rings. The van der Waals surface area contributed by atoms with Crippen molar-refractivity contribution in [3.8, 4) is 11.5 Å². The van der Waals surface area contributed by atoms with Gasteiger partial charge in [-0.2, -0.15) is 5.10 Å². The number of carbonyl (C=O) groups excluding carboxylic acids is 2. The highest BCUT2D eigenvalue weighted by Crippen LogP contribution is 2.20. The summed E-state index contributed by atoms with van der Waals surface area (Å²) in [7, 11) is 0. The first-order valence-electron chi connectivity index (χ1n) is 7.23. The summed E-state index contributed by atoms with van der Waals surface area (Å²) in [6.45, 7) is 0.180. The summed E-state index contributed by atoms with van der Waals surface area (Å²) in [6, 6.07) is 12.7. The summed E-state index contributed by atoms with van der Waals surface area (Å²) in [5.74, 6) is -0.843. The van der Waals surface area contributed by atoms with E-state index in [1.54, 1.807) is 24.3 Å². The molecule has 0 saturated carbocycles. The summed E-state index contributed by atoms with van der Waals surface area (Å²) in [4.78, 5) is 23.4.